The molecule has 0 bridgehead atoms. The highest BCUT2D eigenvalue weighted by Gasteiger charge is 2.08. The molecule has 0 heterocycles. The van der Waals surface area contributed by atoms with Crippen LogP contribution in [0.25, 0.3) is 0 Å². The molecule has 0 radical (unpaired) electrons. The second kappa shape index (κ2) is 6.17. The Bertz CT molecular complexity index is 494. The third-order valence-corrected chi connectivity index (χ3v) is 3.72. The Kier molecular flexibility index (Phi) is 5.15. The van der Waals surface area contributed by atoms with Crippen molar-refractivity contribution in [3.63, 3.8) is 0 Å². The molecule has 1 rings (SSSR count). The van der Waals surface area contributed by atoms with Gasteiger partial charge in [0, 0.05) is 24.1 Å². The maximum absolute atomic E-state index is 11.6. The summed E-state index contributed by atoms with van der Waals surface area (Å²) in [5.74, 6) is 0.0723. The van der Waals surface area contributed by atoms with Crippen molar-refractivity contribution in [2.24, 2.45) is 0 Å². The predicted octanol–water partition coefficient (Wildman–Crippen LogP) is 2.28. The highest BCUT2D eigenvalue weighted by atomic mass is 35.5. The Morgan fingerprint density at radius 3 is 2.53 bits per heavy atom. The zero-order valence-corrected chi connectivity index (χ0v) is 11.2. The predicted molar refractivity (Wildman–Crippen MR) is 69.1 cm³/mol. The minimum atomic E-state index is -2.98. The molecule has 0 amide bonds. The first kappa shape index (κ1) is 14.2. The van der Waals surface area contributed by atoms with E-state index in [2.05, 4.69) is 0 Å². The standard InChI is InChI=1S/C12H15ClO3S/c1-17(15,16)8-4-6-11(14)9-10-5-2-3-7-12(10)13/h2-3,5,7H,4,6,8-9H2,1H3. The Morgan fingerprint density at radius 2 is 1.94 bits per heavy atom. The molecule has 1 aromatic rings. The van der Waals surface area contributed by atoms with Gasteiger partial charge in [-0.1, -0.05) is 29.8 Å². The van der Waals surface area contributed by atoms with Gasteiger partial charge in [0.25, 0.3) is 0 Å². The van der Waals surface area contributed by atoms with Crippen LogP contribution < -0.4 is 0 Å². The lowest BCUT2D eigenvalue weighted by molar-refractivity contribution is -0.118. The number of halogens is 1. The first-order valence-electron chi connectivity index (χ1n) is 5.31. The maximum Gasteiger partial charge on any atom is 0.147 e. The van der Waals surface area contributed by atoms with Crippen molar-refractivity contribution in [1.29, 1.82) is 0 Å². The first-order valence-corrected chi connectivity index (χ1v) is 7.75. The third-order valence-electron chi connectivity index (χ3n) is 2.32. The molecule has 0 atom stereocenters. The van der Waals surface area contributed by atoms with Gasteiger partial charge in [0.1, 0.15) is 15.6 Å². The number of benzene rings is 1. The Balaban J connectivity index is 2.43. The number of hydrogen-bond donors (Lipinski definition) is 0. The number of carbonyl (C=O) groups excluding carboxylic acids is 1. The lowest BCUT2D eigenvalue weighted by atomic mass is 10.1. The van der Waals surface area contributed by atoms with E-state index in [0.29, 0.717) is 11.4 Å². The van der Waals surface area contributed by atoms with Gasteiger partial charge in [0.05, 0.1) is 5.75 Å². The van der Waals surface area contributed by atoms with Crippen molar-refractivity contribution in [1.82, 2.24) is 0 Å². The molecule has 0 aliphatic rings. The number of ketones is 1. The largest absolute Gasteiger partial charge is 0.299 e. The summed E-state index contributed by atoms with van der Waals surface area (Å²) in [6, 6.07) is 7.17. The summed E-state index contributed by atoms with van der Waals surface area (Å²) in [4.78, 5) is 11.6. The summed E-state index contributed by atoms with van der Waals surface area (Å²) in [6.45, 7) is 0. The van der Waals surface area contributed by atoms with E-state index >= 15 is 0 Å². The number of carbonyl (C=O) groups is 1. The molecular formula is C12H15ClO3S. The highest BCUT2D eigenvalue weighted by Crippen LogP contribution is 2.16. The summed E-state index contributed by atoms with van der Waals surface area (Å²) in [5, 5.41) is 0.573. The molecule has 0 spiro atoms. The van der Waals surface area contributed by atoms with Crippen molar-refractivity contribution in [2.45, 2.75) is 19.3 Å². The fourth-order valence-electron chi connectivity index (χ4n) is 1.47. The summed E-state index contributed by atoms with van der Waals surface area (Å²) in [5.41, 5.74) is 0.790. The fourth-order valence-corrected chi connectivity index (χ4v) is 2.35. The van der Waals surface area contributed by atoms with Crippen LogP contribution in [0.3, 0.4) is 0 Å². The average molecular weight is 275 g/mol. The fraction of sp³-hybridized carbons (Fsp3) is 0.417. The molecule has 0 saturated carbocycles. The molecule has 0 aliphatic carbocycles. The molecule has 0 aromatic heterocycles. The Morgan fingerprint density at radius 1 is 1.29 bits per heavy atom. The number of Topliss-reactive ketones (excluding diaryl/α,β-unsaturated/α-hetero) is 1. The summed E-state index contributed by atoms with van der Waals surface area (Å²) in [7, 11) is -2.98. The lowest BCUT2D eigenvalue weighted by Crippen LogP contribution is -2.08. The Hall–Kier alpha value is -0.870. The van der Waals surface area contributed by atoms with Crippen LogP contribution in [0.4, 0.5) is 0 Å². The smallest absolute Gasteiger partial charge is 0.147 e. The van der Waals surface area contributed by atoms with Gasteiger partial charge in [0.2, 0.25) is 0 Å². The molecule has 1 aromatic carbocycles. The molecular weight excluding hydrogens is 260 g/mol. The topological polar surface area (TPSA) is 51.2 Å². The molecule has 0 unspecified atom stereocenters. The van der Waals surface area contributed by atoms with Crippen LogP contribution in [0, 0.1) is 0 Å². The molecule has 5 heteroatoms. The van der Waals surface area contributed by atoms with E-state index in [4.69, 9.17) is 11.6 Å². The van der Waals surface area contributed by atoms with E-state index < -0.39 is 9.84 Å². The van der Waals surface area contributed by atoms with Crippen molar-refractivity contribution in [3.05, 3.63) is 34.9 Å². The number of rotatable bonds is 6. The van der Waals surface area contributed by atoms with Gasteiger partial charge in [-0.15, -0.1) is 0 Å². The summed E-state index contributed by atoms with van der Waals surface area (Å²) in [6.07, 6.45) is 2.09. The number of hydrogen-bond acceptors (Lipinski definition) is 3. The van der Waals surface area contributed by atoms with Crippen LogP contribution >= 0.6 is 11.6 Å². The molecule has 3 nitrogen and oxygen atoms in total. The van der Waals surface area contributed by atoms with Crippen LogP contribution in [0.2, 0.25) is 5.02 Å². The van der Waals surface area contributed by atoms with Gasteiger partial charge in [-0.25, -0.2) is 8.42 Å². The second-order valence-electron chi connectivity index (χ2n) is 4.04. The van der Waals surface area contributed by atoms with Gasteiger partial charge in [-0.3, -0.25) is 4.79 Å². The minimum absolute atomic E-state index is 0.0155. The van der Waals surface area contributed by atoms with Crippen molar-refractivity contribution >= 4 is 27.2 Å². The van der Waals surface area contributed by atoms with Gasteiger partial charge in [0.15, 0.2) is 0 Å². The highest BCUT2D eigenvalue weighted by molar-refractivity contribution is 7.90. The van der Waals surface area contributed by atoms with E-state index in [1.807, 2.05) is 6.07 Å². The van der Waals surface area contributed by atoms with E-state index in [0.717, 1.165) is 5.56 Å². The second-order valence-corrected chi connectivity index (χ2v) is 6.71. The van der Waals surface area contributed by atoms with Crippen LogP contribution in [-0.2, 0) is 21.1 Å². The maximum atomic E-state index is 11.6. The van der Waals surface area contributed by atoms with Crippen LogP contribution in [-0.4, -0.2) is 26.2 Å². The normalized spacial score (nSPS) is 11.4. The summed E-state index contributed by atoms with van der Waals surface area (Å²) >= 11 is 5.93. The monoisotopic (exact) mass is 274 g/mol. The van der Waals surface area contributed by atoms with Gasteiger partial charge >= 0.3 is 0 Å². The van der Waals surface area contributed by atoms with E-state index in [-0.39, 0.29) is 24.4 Å². The Labute approximate surface area is 107 Å². The first-order chi connectivity index (χ1) is 7.88. The van der Waals surface area contributed by atoms with Crippen molar-refractivity contribution < 1.29 is 13.2 Å². The molecule has 0 N–H and O–H groups in total. The van der Waals surface area contributed by atoms with E-state index in [9.17, 15) is 13.2 Å². The van der Waals surface area contributed by atoms with Gasteiger partial charge < -0.3 is 0 Å². The van der Waals surface area contributed by atoms with Crippen LogP contribution in [0.1, 0.15) is 18.4 Å². The van der Waals surface area contributed by atoms with Crippen molar-refractivity contribution in [2.75, 3.05) is 12.0 Å². The summed E-state index contributed by atoms with van der Waals surface area (Å²) < 4.78 is 21.8. The average Bonchev–Trinajstić information content (AvgIpc) is 2.19. The van der Waals surface area contributed by atoms with Crippen LogP contribution in [0.15, 0.2) is 24.3 Å². The lowest BCUT2D eigenvalue weighted by Gasteiger charge is -2.03. The van der Waals surface area contributed by atoms with Crippen LogP contribution in [0.5, 0.6) is 0 Å². The van der Waals surface area contributed by atoms with E-state index in [1.165, 1.54) is 6.26 Å². The number of sulfone groups is 1. The SMILES string of the molecule is CS(=O)(=O)CCCC(=O)Cc1ccccc1Cl. The van der Waals surface area contributed by atoms with E-state index in [1.54, 1.807) is 18.2 Å². The quantitative estimate of drug-likeness (QED) is 0.800. The van der Waals surface area contributed by atoms with Crippen molar-refractivity contribution in [3.8, 4) is 0 Å². The van der Waals surface area contributed by atoms with Gasteiger partial charge in [-0.2, -0.15) is 0 Å². The zero-order chi connectivity index (χ0) is 12.9. The molecule has 0 aliphatic heterocycles. The molecule has 0 fully saturated rings. The third kappa shape index (κ3) is 5.84. The van der Waals surface area contributed by atoms with Gasteiger partial charge in [-0.05, 0) is 18.1 Å². The molecule has 17 heavy (non-hydrogen) atoms. The molecule has 94 valence electrons. The minimum Gasteiger partial charge on any atom is -0.299 e. The zero-order valence-electron chi connectivity index (χ0n) is 9.65. The molecule has 0 saturated heterocycles.